The lowest BCUT2D eigenvalue weighted by Crippen LogP contribution is -2.34. The Kier molecular flexibility index (Phi) is 6.43. The average molecular weight is 240 g/mol. The minimum absolute atomic E-state index is 0.0387. The highest BCUT2D eigenvalue weighted by Gasteiger charge is 2.22. The normalized spacial score (nSPS) is 15.7. The van der Waals surface area contributed by atoms with E-state index in [1.54, 1.807) is 0 Å². The van der Waals surface area contributed by atoms with Crippen LogP contribution in [0.2, 0.25) is 0 Å². The van der Waals surface area contributed by atoms with Crippen molar-refractivity contribution >= 4 is 11.9 Å². The van der Waals surface area contributed by atoms with Crippen LogP contribution in [0.15, 0.2) is 4.99 Å². The summed E-state index contributed by atoms with van der Waals surface area (Å²) in [6, 6.07) is 0.390. The summed E-state index contributed by atoms with van der Waals surface area (Å²) in [5.41, 5.74) is 5.64. The van der Waals surface area contributed by atoms with Gasteiger partial charge in [-0.25, -0.2) is 4.99 Å². The Morgan fingerprint density at radius 3 is 2.76 bits per heavy atom. The molecule has 1 aliphatic carbocycles. The number of aliphatic imine (C=N–C) groups is 1. The number of nitrogens with one attached hydrogen (secondary N) is 2. The Bertz CT molecular complexity index is 261. The summed E-state index contributed by atoms with van der Waals surface area (Å²) in [6.45, 7) is 3.14. The topological polar surface area (TPSA) is 79.5 Å². The van der Waals surface area contributed by atoms with E-state index in [4.69, 9.17) is 5.73 Å². The largest absolute Gasteiger partial charge is 0.370 e. The second kappa shape index (κ2) is 7.92. The van der Waals surface area contributed by atoms with E-state index in [0.717, 1.165) is 25.8 Å². The molecule has 0 unspecified atom stereocenters. The highest BCUT2D eigenvalue weighted by Crippen LogP contribution is 2.18. The molecule has 0 radical (unpaired) electrons. The highest BCUT2D eigenvalue weighted by atomic mass is 16.1. The molecule has 0 heterocycles. The van der Waals surface area contributed by atoms with Crippen molar-refractivity contribution in [3.05, 3.63) is 0 Å². The van der Waals surface area contributed by atoms with Gasteiger partial charge in [-0.05, 0) is 19.3 Å². The zero-order valence-corrected chi connectivity index (χ0v) is 10.7. The first-order valence-electron chi connectivity index (χ1n) is 6.55. The van der Waals surface area contributed by atoms with Crippen molar-refractivity contribution in [2.24, 2.45) is 10.7 Å². The van der Waals surface area contributed by atoms with E-state index in [1.807, 2.05) is 0 Å². The van der Waals surface area contributed by atoms with E-state index in [2.05, 4.69) is 22.5 Å². The van der Waals surface area contributed by atoms with Crippen LogP contribution in [0.3, 0.4) is 0 Å². The molecule has 98 valence electrons. The van der Waals surface area contributed by atoms with E-state index in [0.29, 0.717) is 12.0 Å². The van der Waals surface area contributed by atoms with Gasteiger partial charge in [0.15, 0.2) is 5.96 Å². The number of carbonyl (C=O) groups is 1. The van der Waals surface area contributed by atoms with E-state index >= 15 is 0 Å². The minimum Gasteiger partial charge on any atom is -0.370 e. The van der Waals surface area contributed by atoms with Crippen LogP contribution in [-0.4, -0.2) is 31.0 Å². The Balaban J connectivity index is 2.00. The van der Waals surface area contributed by atoms with Gasteiger partial charge in [-0.3, -0.25) is 4.79 Å². The molecular weight excluding hydrogens is 216 g/mol. The minimum atomic E-state index is -0.0387. The molecule has 0 aromatic carbocycles. The van der Waals surface area contributed by atoms with Gasteiger partial charge in [0, 0.05) is 12.6 Å². The molecule has 1 fully saturated rings. The van der Waals surface area contributed by atoms with Crippen molar-refractivity contribution in [3.63, 3.8) is 0 Å². The number of unbranched alkanes of at least 4 members (excludes halogenated alkanes) is 3. The Morgan fingerprint density at radius 2 is 2.12 bits per heavy atom. The fourth-order valence-electron chi connectivity index (χ4n) is 1.48. The van der Waals surface area contributed by atoms with Gasteiger partial charge in [-0.1, -0.05) is 26.2 Å². The quantitative estimate of drug-likeness (QED) is 0.333. The predicted octanol–water partition coefficient (Wildman–Crippen LogP) is 0.750. The first kappa shape index (κ1) is 13.8. The highest BCUT2D eigenvalue weighted by molar-refractivity contribution is 5.84. The zero-order valence-electron chi connectivity index (χ0n) is 10.7. The smallest absolute Gasteiger partial charge is 0.242 e. The first-order valence-corrected chi connectivity index (χ1v) is 6.55. The van der Waals surface area contributed by atoms with Gasteiger partial charge in [-0.15, -0.1) is 0 Å². The summed E-state index contributed by atoms with van der Waals surface area (Å²) in [7, 11) is 0. The summed E-state index contributed by atoms with van der Waals surface area (Å²) >= 11 is 0. The lowest BCUT2D eigenvalue weighted by molar-refractivity contribution is -0.119. The van der Waals surface area contributed by atoms with E-state index in [9.17, 15) is 4.79 Å². The lowest BCUT2D eigenvalue weighted by atomic mass is 10.2. The third-order valence-corrected chi connectivity index (χ3v) is 2.67. The van der Waals surface area contributed by atoms with Crippen molar-refractivity contribution in [2.45, 2.75) is 51.5 Å². The fraction of sp³-hybridized carbons (Fsp3) is 0.833. The van der Waals surface area contributed by atoms with Crippen LogP contribution in [0.25, 0.3) is 0 Å². The van der Waals surface area contributed by atoms with Crippen LogP contribution in [0.4, 0.5) is 0 Å². The molecule has 4 N–H and O–H groups in total. The van der Waals surface area contributed by atoms with E-state index in [1.165, 1.54) is 19.3 Å². The molecule has 1 amide bonds. The Labute approximate surface area is 103 Å². The van der Waals surface area contributed by atoms with Crippen LogP contribution in [0, 0.1) is 0 Å². The molecule has 0 bridgehead atoms. The van der Waals surface area contributed by atoms with Crippen molar-refractivity contribution < 1.29 is 4.79 Å². The first-order chi connectivity index (χ1) is 8.22. The second-order valence-electron chi connectivity index (χ2n) is 4.53. The van der Waals surface area contributed by atoms with Crippen LogP contribution in [0.5, 0.6) is 0 Å². The standard InChI is InChI=1S/C12H24N4O/c1-2-3-4-5-8-14-12(13)15-9-11(17)16-10-6-7-10/h10H,2-9H2,1H3,(H,16,17)(H3,13,14,15). The van der Waals surface area contributed by atoms with Gasteiger partial charge in [-0.2, -0.15) is 0 Å². The number of nitrogens with zero attached hydrogens (tertiary/aromatic N) is 1. The van der Waals surface area contributed by atoms with Crippen LogP contribution in [-0.2, 0) is 4.79 Å². The number of carbonyl (C=O) groups excluding carboxylic acids is 1. The van der Waals surface area contributed by atoms with Crippen molar-refractivity contribution in [3.8, 4) is 0 Å². The Hall–Kier alpha value is -1.26. The number of hydrogen-bond acceptors (Lipinski definition) is 2. The molecule has 17 heavy (non-hydrogen) atoms. The van der Waals surface area contributed by atoms with Crippen LogP contribution in [0.1, 0.15) is 45.4 Å². The molecule has 0 aromatic rings. The molecule has 5 heteroatoms. The SMILES string of the molecule is CCCCCCNC(N)=NCC(=O)NC1CC1. The summed E-state index contributed by atoms with van der Waals surface area (Å²) in [5, 5.41) is 5.88. The number of amides is 1. The predicted molar refractivity (Wildman–Crippen MR) is 69.8 cm³/mol. The number of nitrogens with two attached hydrogens (primary N) is 1. The van der Waals surface area contributed by atoms with Gasteiger partial charge < -0.3 is 16.4 Å². The molecule has 1 rings (SSSR count). The molecule has 0 atom stereocenters. The molecule has 0 aliphatic heterocycles. The second-order valence-corrected chi connectivity index (χ2v) is 4.53. The van der Waals surface area contributed by atoms with Crippen LogP contribution >= 0.6 is 0 Å². The third-order valence-electron chi connectivity index (χ3n) is 2.67. The molecule has 1 aliphatic rings. The zero-order chi connectivity index (χ0) is 12.5. The maximum absolute atomic E-state index is 11.3. The number of guanidine groups is 1. The van der Waals surface area contributed by atoms with Crippen LogP contribution < -0.4 is 16.4 Å². The summed E-state index contributed by atoms with van der Waals surface area (Å²) in [4.78, 5) is 15.3. The number of hydrogen-bond donors (Lipinski definition) is 3. The van der Waals surface area contributed by atoms with Gasteiger partial charge in [0.1, 0.15) is 6.54 Å². The maximum atomic E-state index is 11.3. The lowest BCUT2D eigenvalue weighted by Gasteiger charge is -2.05. The third kappa shape index (κ3) is 7.60. The maximum Gasteiger partial charge on any atom is 0.242 e. The monoisotopic (exact) mass is 240 g/mol. The summed E-state index contributed by atoms with van der Waals surface area (Å²) in [5.74, 6) is 0.329. The summed E-state index contributed by atoms with van der Waals surface area (Å²) < 4.78 is 0. The van der Waals surface area contributed by atoms with E-state index in [-0.39, 0.29) is 12.5 Å². The summed E-state index contributed by atoms with van der Waals surface area (Å²) in [6.07, 6.45) is 6.98. The van der Waals surface area contributed by atoms with E-state index < -0.39 is 0 Å². The van der Waals surface area contributed by atoms with Gasteiger partial charge in [0.25, 0.3) is 0 Å². The number of rotatable bonds is 8. The molecule has 0 aromatic heterocycles. The van der Waals surface area contributed by atoms with Crippen molar-refractivity contribution in [1.29, 1.82) is 0 Å². The molecule has 0 saturated heterocycles. The fourth-order valence-corrected chi connectivity index (χ4v) is 1.48. The van der Waals surface area contributed by atoms with Crippen molar-refractivity contribution in [1.82, 2.24) is 10.6 Å². The Morgan fingerprint density at radius 1 is 1.35 bits per heavy atom. The molecule has 5 nitrogen and oxygen atoms in total. The average Bonchev–Trinajstić information content (AvgIpc) is 3.10. The molecular formula is C12H24N4O. The molecule has 1 saturated carbocycles. The van der Waals surface area contributed by atoms with Crippen molar-refractivity contribution in [2.75, 3.05) is 13.1 Å². The van der Waals surface area contributed by atoms with Gasteiger partial charge in [0.2, 0.25) is 5.91 Å². The molecule has 0 spiro atoms. The van der Waals surface area contributed by atoms with Gasteiger partial charge >= 0.3 is 0 Å². The van der Waals surface area contributed by atoms with Gasteiger partial charge in [0.05, 0.1) is 0 Å².